The number of hydrazine groups is 1. The Kier molecular flexibility index (Phi) is 3.44. The molecule has 2 bridgehead atoms. The van der Waals surface area contributed by atoms with Gasteiger partial charge in [-0.25, -0.2) is 9.80 Å². The fourth-order valence-electron chi connectivity index (χ4n) is 5.03. The van der Waals surface area contributed by atoms with E-state index >= 15 is 0 Å². The molecule has 6 rings (SSSR count). The van der Waals surface area contributed by atoms with Gasteiger partial charge in [0.2, 0.25) is 0 Å². The van der Waals surface area contributed by atoms with Gasteiger partial charge in [0, 0.05) is 18.8 Å². The SMILES string of the molecule is O=C(NC1CN2CCC1CC2)N1CC2=CCCC3=C2N1C=CCC3. The zero-order valence-electron chi connectivity index (χ0n) is 14.2. The van der Waals surface area contributed by atoms with Gasteiger partial charge in [0.25, 0.3) is 0 Å². The number of piperidine rings is 3. The molecule has 1 N–H and O–H groups in total. The molecule has 24 heavy (non-hydrogen) atoms. The van der Waals surface area contributed by atoms with Crippen molar-refractivity contribution in [2.24, 2.45) is 5.92 Å². The minimum Gasteiger partial charge on any atom is -0.332 e. The summed E-state index contributed by atoms with van der Waals surface area (Å²) in [5, 5.41) is 7.37. The molecular formula is C19H26N4O. The number of amides is 2. The van der Waals surface area contributed by atoms with Crippen LogP contribution < -0.4 is 5.32 Å². The first-order valence-electron chi connectivity index (χ1n) is 9.47. The highest BCUT2D eigenvalue weighted by molar-refractivity contribution is 5.76. The first-order valence-corrected chi connectivity index (χ1v) is 9.47. The highest BCUT2D eigenvalue weighted by Crippen LogP contribution is 2.39. The summed E-state index contributed by atoms with van der Waals surface area (Å²) in [6.07, 6.45) is 13.6. The molecule has 0 aromatic carbocycles. The van der Waals surface area contributed by atoms with Crippen LogP contribution in [0.5, 0.6) is 0 Å². The van der Waals surface area contributed by atoms with Crippen LogP contribution in [0.1, 0.15) is 38.5 Å². The number of nitrogens with zero attached hydrogens (tertiary/aromatic N) is 3. The zero-order chi connectivity index (χ0) is 16.1. The highest BCUT2D eigenvalue weighted by atomic mass is 16.2. The molecule has 0 spiro atoms. The molecule has 6 aliphatic rings. The molecule has 5 nitrogen and oxygen atoms in total. The van der Waals surface area contributed by atoms with Crippen LogP contribution in [-0.2, 0) is 0 Å². The van der Waals surface area contributed by atoms with Crippen molar-refractivity contribution >= 4 is 6.03 Å². The normalized spacial score (nSPS) is 34.2. The summed E-state index contributed by atoms with van der Waals surface area (Å²) >= 11 is 0. The third-order valence-corrected chi connectivity index (χ3v) is 6.34. The van der Waals surface area contributed by atoms with Crippen molar-refractivity contribution in [2.45, 2.75) is 44.6 Å². The van der Waals surface area contributed by atoms with Crippen LogP contribution in [0, 0.1) is 5.92 Å². The van der Waals surface area contributed by atoms with Crippen molar-refractivity contribution < 1.29 is 4.79 Å². The predicted molar refractivity (Wildman–Crippen MR) is 92.7 cm³/mol. The second kappa shape index (κ2) is 5.66. The van der Waals surface area contributed by atoms with Crippen molar-refractivity contribution in [3.8, 4) is 0 Å². The molecule has 0 saturated carbocycles. The average Bonchev–Trinajstić information content (AvgIpc) is 2.85. The number of rotatable bonds is 1. The van der Waals surface area contributed by atoms with E-state index < -0.39 is 0 Å². The van der Waals surface area contributed by atoms with Crippen LogP contribution in [0.25, 0.3) is 0 Å². The molecule has 5 heteroatoms. The molecule has 2 amide bonds. The third kappa shape index (κ3) is 2.29. The molecule has 0 aromatic heterocycles. The first-order chi connectivity index (χ1) is 11.8. The standard InChI is InChI=1S/C19H26N4O/c24-19(20-17-13-21-10-7-14(17)8-11-21)23-12-16-6-3-5-15-4-1-2-9-22(23)18(15)16/h2,6,9,14,17H,1,3-5,7-8,10-13H2,(H,20,24). The van der Waals surface area contributed by atoms with E-state index in [9.17, 15) is 4.79 Å². The number of urea groups is 1. The lowest BCUT2D eigenvalue weighted by Gasteiger charge is -2.45. The van der Waals surface area contributed by atoms with Gasteiger partial charge in [-0.3, -0.25) is 5.01 Å². The number of hydrogen-bond donors (Lipinski definition) is 1. The summed E-state index contributed by atoms with van der Waals surface area (Å²) in [5.74, 6) is 0.664. The summed E-state index contributed by atoms with van der Waals surface area (Å²) in [6.45, 7) is 4.16. The lowest BCUT2D eigenvalue weighted by molar-refractivity contribution is 0.0640. The van der Waals surface area contributed by atoms with Crippen molar-refractivity contribution in [3.05, 3.63) is 35.2 Å². The van der Waals surface area contributed by atoms with Gasteiger partial charge < -0.3 is 10.2 Å². The maximum atomic E-state index is 13.0. The zero-order valence-corrected chi connectivity index (χ0v) is 14.2. The second-order valence-corrected chi connectivity index (χ2v) is 7.74. The number of allylic oxidation sites excluding steroid dienone is 3. The molecule has 1 atom stereocenters. The number of fused-ring (bicyclic) bond motifs is 3. The van der Waals surface area contributed by atoms with E-state index in [-0.39, 0.29) is 6.03 Å². The quantitative estimate of drug-likeness (QED) is 0.805. The Labute approximate surface area is 143 Å². The fourth-order valence-corrected chi connectivity index (χ4v) is 5.03. The first kappa shape index (κ1) is 14.6. The van der Waals surface area contributed by atoms with Gasteiger partial charge in [-0.05, 0) is 68.7 Å². The average molecular weight is 326 g/mol. The second-order valence-electron chi connectivity index (χ2n) is 7.74. The lowest BCUT2D eigenvalue weighted by Crippen LogP contribution is -2.59. The summed E-state index contributed by atoms with van der Waals surface area (Å²) < 4.78 is 0. The van der Waals surface area contributed by atoms with Gasteiger partial charge in [0.15, 0.2) is 0 Å². The molecular weight excluding hydrogens is 300 g/mol. The summed E-state index contributed by atoms with van der Waals surface area (Å²) in [7, 11) is 0. The van der Waals surface area contributed by atoms with Crippen LogP contribution in [0.15, 0.2) is 35.2 Å². The van der Waals surface area contributed by atoms with Crippen molar-refractivity contribution in [2.75, 3.05) is 26.2 Å². The Balaban J connectivity index is 1.37. The van der Waals surface area contributed by atoms with Crippen LogP contribution in [-0.4, -0.2) is 53.2 Å². The monoisotopic (exact) mass is 326 g/mol. The number of nitrogens with one attached hydrogen (secondary N) is 1. The van der Waals surface area contributed by atoms with Crippen molar-refractivity contribution in [1.29, 1.82) is 0 Å². The number of hydrogen-bond acceptors (Lipinski definition) is 3. The Morgan fingerprint density at radius 3 is 2.79 bits per heavy atom. The topological polar surface area (TPSA) is 38.8 Å². The predicted octanol–water partition coefficient (Wildman–Crippen LogP) is 2.60. The smallest absolute Gasteiger partial charge is 0.332 e. The molecule has 4 saturated heterocycles. The number of carbonyl (C=O) groups excluding carboxylic acids is 1. The van der Waals surface area contributed by atoms with E-state index in [4.69, 9.17) is 0 Å². The van der Waals surface area contributed by atoms with Gasteiger partial charge in [-0.2, -0.15) is 0 Å². The fraction of sp³-hybridized carbons (Fsp3) is 0.632. The summed E-state index contributed by atoms with van der Waals surface area (Å²) in [6, 6.07) is 0.392. The Bertz CT molecular complexity index is 642. The summed E-state index contributed by atoms with van der Waals surface area (Å²) in [4.78, 5) is 15.5. The molecule has 5 heterocycles. The number of carbonyl (C=O) groups is 1. The van der Waals surface area contributed by atoms with Crippen LogP contribution in [0.2, 0.25) is 0 Å². The van der Waals surface area contributed by atoms with Crippen LogP contribution in [0.4, 0.5) is 4.79 Å². The van der Waals surface area contributed by atoms with E-state index in [0.717, 1.165) is 38.8 Å². The molecule has 1 unspecified atom stereocenters. The molecule has 1 aliphatic carbocycles. The van der Waals surface area contributed by atoms with Crippen molar-refractivity contribution in [3.63, 3.8) is 0 Å². The maximum absolute atomic E-state index is 13.0. The molecule has 4 fully saturated rings. The molecule has 0 aromatic rings. The van der Waals surface area contributed by atoms with E-state index in [1.807, 2.05) is 5.01 Å². The Morgan fingerprint density at radius 2 is 2.00 bits per heavy atom. The van der Waals surface area contributed by atoms with Gasteiger partial charge >= 0.3 is 6.03 Å². The Hall–Kier alpha value is -1.75. The largest absolute Gasteiger partial charge is 0.337 e. The van der Waals surface area contributed by atoms with E-state index in [0.29, 0.717) is 12.0 Å². The molecule has 5 aliphatic heterocycles. The van der Waals surface area contributed by atoms with Crippen molar-refractivity contribution in [1.82, 2.24) is 20.2 Å². The van der Waals surface area contributed by atoms with E-state index in [1.54, 1.807) is 0 Å². The van der Waals surface area contributed by atoms with E-state index in [2.05, 4.69) is 33.6 Å². The minimum absolute atomic E-state index is 0.0717. The van der Waals surface area contributed by atoms with Gasteiger partial charge in [0.1, 0.15) is 0 Å². The molecule has 128 valence electrons. The minimum atomic E-state index is 0.0717. The van der Waals surface area contributed by atoms with Gasteiger partial charge in [-0.1, -0.05) is 12.2 Å². The summed E-state index contributed by atoms with van der Waals surface area (Å²) in [5.41, 5.74) is 4.17. The van der Waals surface area contributed by atoms with E-state index in [1.165, 1.54) is 42.8 Å². The highest BCUT2D eigenvalue weighted by Gasteiger charge is 2.39. The van der Waals surface area contributed by atoms with Gasteiger partial charge in [-0.15, -0.1) is 0 Å². The Morgan fingerprint density at radius 1 is 1.17 bits per heavy atom. The van der Waals surface area contributed by atoms with Crippen LogP contribution in [0.3, 0.4) is 0 Å². The van der Waals surface area contributed by atoms with Gasteiger partial charge in [0.05, 0.1) is 12.2 Å². The van der Waals surface area contributed by atoms with Crippen LogP contribution >= 0.6 is 0 Å². The lowest BCUT2D eigenvalue weighted by atomic mass is 9.84. The molecule has 0 radical (unpaired) electrons. The maximum Gasteiger partial charge on any atom is 0.337 e. The third-order valence-electron chi connectivity index (χ3n) is 6.34.